The molecule has 0 aliphatic rings. The topological polar surface area (TPSA) is 17.8 Å². The van der Waals surface area contributed by atoms with E-state index < -0.39 is 0 Å². The monoisotopic (exact) mass is 250 g/mol. The molecule has 19 heavy (non-hydrogen) atoms. The van der Waals surface area contributed by atoms with Crippen molar-refractivity contribution in [3.05, 3.63) is 65.0 Å². The van der Waals surface area contributed by atoms with Gasteiger partial charge >= 0.3 is 0 Å². The Balaban J connectivity index is 2.13. The van der Waals surface area contributed by atoms with Crippen LogP contribution in [0.25, 0.3) is 11.0 Å². The van der Waals surface area contributed by atoms with Crippen molar-refractivity contribution in [2.45, 2.75) is 27.3 Å². The Kier molecular flexibility index (Phi) is 2.86. The van der Waals surface area contributed by atoms with Crippen molar-refractivity contribution in [2.24, 2.45) is 0 Å². The van der Waals surface area contributed by atoms with Gasteiger partial charge in [-0.15, -0.1) is 0 Å². The molecule has 0 aliphatic heterocycles. The van der Waals surface area contributed by atoms with E-state index >= 15 is 0 Å². The molecule has 0 saturated carbocycles. The fourth-order valence-corrected chi connectivity index (χ4v) is 2.65. The maximum absolute atomic E-state index is 4.50. The highest BCUT2D eigenvalue weighted by atomic mass is 15.0. The number of benzene rings is 1. The molecule has 0 atom stereocenters. The molecule has 96 valence electrons. The van der Waals surface area contributed by atoms with E-state index in [0.29, 0.717) is 0 Å². The highest BCUT2D eigenvalue weighted by Crippen LogP contribution is 2.24. The van der Waals surface area contributed by atoms with Crippen molar-refractivity contribution < 1.29 is 0 Å². The first kappa shape index (κ1) is 12.0. The lowest BCUT2D eigenvalue weighted by molar-refractivity contribution is 0.800. The van der Waals surface area contributed by atoms with Crippen LogP contribution in [0.2, 0.25) is 0 Å². The zero-order chi connectivity index (χ0) is 13.4. The van der Waals surface area contributed by atoms with Crippen LogP contribution in [0.15, 0.2) is 42.6 Å². The molecule has 0 fully saturated rings. The number of fused-ring (bicyclic) bond motifs is 1. The molecule has 3 aromatic rings. The molecule has 3 rings (SSSR count). The number of pyridine rings is 1. The lowest BCUT2D eigenvalue weighted by Gasteiger charge is -2.09. The average Bonchev–Trinajstić information content (AvgIpc) is 2.65. The van der Waals surface area contributed by atoms with Crippen molar-refractivity contribution >= 4 is 11.0 Å². The van der Waals surface area contributed by atoms with Gasteiger partial charge in [-0.05, 0) is 44.0 Å². The van der Waals surface area contributed by atoms with Crippen LogP contribution in [-0.4, -0.2) is 9.55 Å². The zero-order valence-electron chi connectivity index (χ0n) is 11.6. The van der Waals surface area contributed by atoms with Crippen LogP contribution in [0, 0.1) is 20.8 Å². The minimum absolute atomic E-state index is 0.906. The Morgan fingerprint density at radius 1 is 1.05 bits per heavy atom. The van der Waals surface area contributed by atoms with E-state index in [4.69, 9.17) is 0 Å². The van der Waals surface area contributed by atoms with E-state index in [2.05, 4.69) is 60.7 Å². The molecule has 2 aromatic heterocycles. The smallest absolute Gasteiger partial charge is 0.0912 e. The molecule has 0 saturated heterocycles. The van der Waals surface area contributed by atoms with Crippen LogP contribution in [0.3, 0.4) is 0 Å². The van der Waals surface area contributed by atoms with Crippen molar-refractivity contribution in [1.82, 2.24) is 9.55 Å². The van der Waals surface area contributed by atoms with E-state index in [-0.39, 0.29) is 0 Å². The molecule has 0 spiro atoms. The molecular formula is C17H18N2. The first-order valence-electron chi connectivity index (χ1n) is 6.63. The third-order valence-corrected chi connectivity index (χ3v) is 3.80. The van der Waals surface area contributed by atoms with Gasteiger partial charge in [-0.25, -0.2) is 0 Å². The highest BCUT2D eigenvalue weighted by molar-refractivity contribution is 5.81. The van der Waals surface area contributed by atoms with Crippen LogP contribution in [0.4, 0.5) is 0 Å². The average molecular weight is 250 g/mol. The van der Waals surface area contributed by atoms with E-state index in [9.17, 15) is 0 Å². The fourth-order valence-electron chi connectivity index (χ4n) is 2.65. The second-order valence-corrected chi connectivity index (χ2v) is 5.16. The molecule has 0 amide bonds. The molecule has 2 heterocycles. The Morgan fingerprint density at radius 2 is 1.89 bits per heavy atom. The van der Waals surface area contributed by atoms with Crippen LogP contribution in [0.1, 0.15) is 22.4 Å². The summed E-state index contributed by atoms with van der Waals surface area (Å²) in [7, 11) is 0. The van der Waals surface area contributed by atoms with Gasteiger partial charge in [0.15, 0.2) is 0 Å². The molecule has 0 aliphatic carbocycles. The normalized spacial score (nSPS) is 11.1. The summed E-state index contributed by atoms with van der Waals surface area (Å²) in [5, 5.41) is 0. The second-order valence-electron chi connectivity index (χ2n) is 5.16. The van der Waals surface area contributed by atoms with Crippen molar-refractivity contribution in [1.29, 1.82) is 0 Å². The van der Waals surface area contributed by atoms with Gasteiger partial charge < -0.3 is 4.57 Å². The number of hydrogen-bond donors (Lipinski definition) is 0. The largest absolute Gasteiger partial charge is 0.339 e. The zero-order valence-corrected chi connectivity index (χ0v) is 11.6. The number of aromatic nitrogens is 2. The fraction of sp³-hybridized carbons (Fsp3) is 0.235. The van der Waals surface area contributed by atoms with Gasteiger partial charge in [-0.2, -0.15) is 0 Å². The third-order valence-electron chi connectivity index (χ3n) is 3.80. The summed E-state index contributed by atoms with van der Waals surface area (Å²) in [6.07, 6.45) is 1.87. The minimum Gasteiger partial charge on any atom is -0.339 e. The Morgan fingerprint density at radius 3 is 2.68 bits per heavy atom. The van der Waals surface area contributed by atoms with Crippen molar-refractivity contribution in [3.63, 3.8) is 0 Å². The molecule has 0 N–H and O–H groups in total. The molecular weight excluding hydrogens is 232 g/mol. The number of nitrogens with zero attached hydrogens (tertiary/aromatic N) is 2. The SMILES string of the molecule is Cc1cccc(Cn2c(C)c(C)c3ncccc32)c1. The van der Waals surface area contributed by atoms with Gasteiger partial charge in [-0.1, -0.05) is 29.8 Å². The molecule has 0 radical (unpaired) electrons. The van der Waals surface area contributed by atoms with Gasteiger partial charge in [0.05, 0.1) is 11.0 Å². The van der Waals surface area contributed by atoms with E-state index in [1.165, 1.54) is 27.9 Å². The maximum atomic E-state index is 4.50. The standard InChI is InChI=1S/C17H18N2/c1-12-6-4-7-15(10-12)11-19-14(3)13(2)17-16(19)8-5-9-18-17/h4-10H,11H2,1-3H3. The lowest BCUT2D eigenvalue weighted by atomic mass is 10.1. The van der Waals surface area contributed by atoms with Gasteiger partial charge in [0.25, 0.3) is 0 Å². The predicted octanol–water partition coefficient (Wildman–Crippen LogP) is 4.01. The number of rotatable bonds is 2. The maximum Gasteiger partial charge on any atom is 0.0912 e. The summed E-state index contributed by atoms with van der Waals surface area (Å²) < 4.78 is 2.35. The van der Waals surface area contributed by atoms with Crippen LogP contribution in [0.5, 0.6) is 0 Å². The van der Waals surface area contributed by atoms with Crippen molar-refractivity contribution in [3.8, 4) is 0 Å². The molecule has 1 aromatic carbocycles. The Bertz CT molecular complexity index is 738. The third kappa shape index (κ3) is 2.03. The molecule has 0 unspecified atom stereocenters. The summed E-state index contributed by atoms with van der Waals surface area (Å²) in [6.45, 7) is 7.37. The van der Waals surface area contributed by atoms with Gasteiger partial charge in [0.1, 0.15) is 0 Å². The molecule has 2 heteroatoms. The van der Waals surface area contributed by atoms with Crippen LogP contribution in [-0.2, 0) is 6.54 Å². The first-order chi connectivity index (χ1) is 9.16. The number of aryl methyl sites for hydroxylation is 2. The summed E-state index contributed by atoms with van der Waals surface area (Å²) in [5.74, 6) is 0. The Labute approximate surface area is 113 Å². The van der Waals surface area contributed by atoms with Gasteiger partial charge in [-0.3, -0.25) is 4.98 Å². The molecule has 2 nitrogen and oxygen atoms in total. The van der Waals surface area contributed by atoms with Crippen molar-refractivity contribution in [2.75, 3.05) is 0 Å². The summed E-state index contributed by atoms with van der Waals surface area (Å²) in [6, 6.07) is 12.8. The lowest BCUT2D eigenvalue weighted by Crippen LogP contribution is -2.02. The highest BCUT2D eigenvalue weighted by Gasteiger charge is 2.11. The van der Waals surface area contributed by atoms with Gasteiger partial charge in [0, 0.05) is 18.4 Å². The van der Waals surface area contributed by atoms with Crippen LogP contribution >= 0.6 is 0 Å². The minimum atomic E-state index is 0.906. The van der Waals surface area contributed by atoms with Crippen LogP contribution < -0.4 is 0 Å². The quantitative estimate of drug-likeness (QED) is 0.672. The van der Waals surface area contributed by atoms with E-state index in [1.807, 2.05) is 12.3 Å². The van der Waals surface area contributed by atoms with E-state index in [1.54, 1.807) is 0 Å². The second kappa shape index (κ2) is 4.54. The summed E-state index contributed by atoms with van der Waals surface area (Å²) in [5.41, 5.74) is 7.57. The predicted molar refractivity (Wildman–Crippen MR) is 79.5 cm³/mol. The first-order valence-corrected chi connectivity index (χ1v) is 6.63. The summed E-state index contributed by atoms with van der Waals surface area (Å²) in [4.78, 5) is 4.50. The van der Waals surface area contributed by atoms with E-state index in [0.717, 1.165) is 12.1 Å². The molecule has 0 bridgehead atoms. The summed E-state index contributed by atoms with van der Waals surface area (Å²) >= 11 is 0. The van der Waals surface area contributed by atoms with Gasteiger partial charge in [0.2, 0.25) is 0 Å². The number of hydrogen-bond acceptors (Lipinski definition) is 1. The Hall–Kier alpha value is -2.09.